The number of ether oxygens (including phenoxy) is 1. The molecule has 2 aromatic rings. The number of ketones is 1. The van der Waals surface area contributed by atoms with Gasteiger partial charge in [0.05, 0.1) is 35.5 Å². The van der Waals surface area contributed by atoms with Gasteiger partial charge < -0.3 is 4.74 Å². The van der Waals surface area contributed by atoms with Crippen LogP contribution in [0.4, 0.5) is 0 Å². The van der Waals surface area contributed by atoms with E-state index in [9.17, 15) is 4.79 Å². The van der Waals surface area contributed by atoms with Gasteiger partial charge in [-0.25, -0.2) is 0 Å². The predicted octanol–water partition coefficient (Wildman–Crippen LogP) is 3.72. The second-order valence-electron chi connectivity index (χ2n) is 4.63. The zero-order valence-corrected chi connectivity index (χ0v) is 13.6. The number of aryl methyl sites for hydroxylation is 2. The van der Waals surface area contributed by atoms with Gasteiger partial charge in [0.15, 0.2) is 5.78 Å². The van der Waals surface area contributed by atoms with Gasteiger partial charge in [-0.05, 0) is 24.6 Å². The molecule has 0 saturated carbocycles. The molecular formula is C15H16Cl2N2O2. The highest BCUT2D eigenvalue weighted by atomic mass is 35.5. The van der Waals surface area contributed by atoms with Crippen molar-refractivity contribution >= 4 is 29.0 Å². The zero-order chi connectivity index (χ0) is 15.6. The Morgan fingerprint density at radius 2 is 2.10 bits per heavy atom. The van der Waals surface area contributed by atoms with E-state index in [0.717, 1.165) is 12.1 Å². The van der Waals surface area contributed by atoms with Gasteiger partial charge in [0, 0.05) is 12.1 Å². The van der Waals surface area contributed by atoms with Crippen LogP contribution in [0, 0.1) is 0 Å². The molecule has 112 valence electrons. The standard InChI is InChI=1S/C15H16Cl2N2O2/c1-4-11-15(17)12(19(2)18-11)8-13(20)10-6-5-9(16)7-14(10)21-3/h5-7H,4,8H2,1-3H3. The summed E-state index contributed by atoms with van der Waals surface area (Å²) in [6, 6.07) is 4.95. The van der Waals surface area contributed by atoms with Crippen molar-refractivity contribution in [2.45, 2.75) is 19.8 Å². The Kier molecular flexibility index (Phi) is 4.91. The summed E-state index contributed by atoms with van der Waals surface area (Å²) < 4.78 is 6.87. The molecule has 6 heteroatoms. The van der Waals surface area contributed by atoms with E-state index >= 15 is 0 Å². The van der Waals surface area contributed by atoms with E-state index in [0.29, 0.717) is 27.1 Å². The lowest BCUT2D eigenvalue weighted by Gasteiger charge is -2.08. The third-order valence-electron chi connectivity index (χ3n) is 3.29. The van der Waals surface area contributed by atoms with E-state index in [4.69, 9.17) is 27.9 Å². The van der Waals surface area contributed by atoms with Crippen molar-refractivity contribution in [1.29, 1.82) is 0 Å². The van der Waals surface area contributed by atoms with Gasteiger partial charge in [-0.3, -0.25) is 9.48 Å². The lowest BCUT2D eigenvalue weighted by Crippen LogP contribution is -2.09. The first-order chi connectivity index (χ1) is 9.97. The van der Waals surface area contributed by atoms with Crippen LogP contribution in [0.25, 0.3) is 0 Å². The normalized spacial score (nSPS) is 10.7. The number of Topliss-reactive ketones (excluding diaryl/α,β-unsaturated/α-hetero) is 1. The van der Waals surface area contributed by atoms with Gasteiger partial charge in [-0.2, -0.15) is 5.10 Å². The van der Waals surface area contributed by atoms with E-state index in [1.54, 1.807) is 29.9 Å². The van der Waals surface area contributed by atoms with E-state index < -0.39 is 0 Å². The van der Waals surface area contributed by atoms with Crippen molar-refractivity contribution < 1.29 is 9.53 Å². The Morgan fingerprint density at radius 3 is 2.67 bits per heavy atom. The fourth-order valence-electron chi connectivity index (χ4n) is 2.15. The molecule has 0 saturated heterocycles. The molecule has 0 radical (unpaired) electrons. The highest BCUT2D eigenvalue weighted by Crippen LogP contribution is 2.27. The number of halogens is 2. The largest absolute Gasteiger partial charge is 0.496 e. The summed E-state index contributed by atoms with van der Waals surface area (Å²) in [6.45, 7) is 1.97. The van der Waals surface area contributed by atoms with Crippen molar-refractivity contribution in [2.24, 2.45) is 7.05 Å². The first-order valence-corrected chi connectivity index (χ1v) is 7.30. The fraction of sp³-hybridized carbons (Fsp3) is 0.333. The van der Waals surface area contributed by atoms with E-state index in [1.165, 1.54) is 7.11 Å². The molecule has 0 fully saturated rings. The SMILES string of the molecule is CCc1nn(C)c(CC(=O)c2ccc(Cl)cc2OC)c1Cl. The van der Waals surface area contributed by atoms with Crippen LogP contribution in [0.15, 0.2) is 18.2 Å². The highest BCUT2D eigenvalue weighted by Gasteiger charge is 2.19. The second-order valence-corrected chi connectivity index (χ2v) is 5.44. The van der Waals surface area contributed by atoms with E-state index in [-0.39, 0.29) is 12.2 Å². The molecule has 1 heterocycles. The minimum Gasteiger partial charge on any atom is -0.496 e. The summed E-state index contributed by atoms with van der Waals surface area (Å²) in [5.41, 5.74) is 1.98. The monoisotopic (exact) mass is 326 g/mol. The average molecular weight is 327 g/mol. The molecule has 1 aromatic heterocycles. The van der Waals surface area contributed by atoms with Crippen LogP contribution >= 0.6 is 23.2 Å². The molecule has 0 aliphatic rings. The van der Waals surface area contributed by atoms with Crippen molar-refractivity contribution in [3.8, 4) is 5.75 Å². The Bertz CT molecular complexity index is 681. The number of aromatic nitrogens is 2. The third-order valence-corrected chi connectivity index (χ3v) is 3.97. The Balaban J connectivity index is 2.32. The molecule has 2 rings (SSSR count). The molecule has 0 spiro atoms. The van der Waals surface area contributed by atoms with E-state index in [2.05, 4.69) is 5.10 Å². The topological polar surface area (TPSA) is 44.1 Å². The lowest BCUT2D eigenvalue weighted by atomic mass is 10.1. The average Bonchev–Trinajstić information content (AvgIpc) is 2.74. The molecule has 0 aliphatic carbocycles. The summed E-state index contributed by atoms with van der Waals surface area (Å²) >= 11 is 12.2. The Labute approximate surface area is 133 Å². The van der Waals surface area contributed by atoms with Crippen molar-refractivity contribution in [1.82, 2.24) is 9.78 Å². The third kappa shape index (κ3) is 3.22. The molecule has 21 heavy (non-hydrogen) atoms. The molecule has 4 nitrogen and oxygen atoms in total. The molecular weight excluding hydrogens is 311 g/mol. The highest BCUT2D eigenvalue weighted by molar-refractivity contribution is 6.32. The summed E-state index contributed by atoms with van der Waals surface area (Å²) in [6.07, 6.45) is 0.894. The summed E-state index contributed by atoms with van der Waals surface area (Å²) in [5, 5.41) is 5.39. The van der Waals surface area contributed by atoms with Crippen LogP contribution in [0.2, 0.25) is 10.0 Å². The summed E-state index contributed by atoms with van der Waals surface area (Å²) in [4.78, 5) is 12.5. The number of nitrogens with zero attached hydrogens (tertiary/aromatic N) is 2. The van der Waals surface area contributed by atoms with Crippen molar-refractivity contribution in [2.75, 3.05) is 7.11 Å². The minimum absolute atomic E-state index is 0.0870. The molecule has 0 unspecified atom stereocenters. The molecule has 0 amide bonds. The van der Waals surface area contributed by atoms with Crippen LogP contribution in [0.3, 0.4) is 0 Å². The number of hydrogen-bond acceptors (Lipinski definition) is 3. The zero-order valence-electron chi connectivity index (χ0n) is 12.1. The van der Waals surface area contributed by atoms with Gasteiger partial charge >= 0.3 is 0 Å². The molecule has 1 aromatic carbocycles. The van der Waals surface area contributed by atoms with Crippen LogP contribution < -0.4 is 4.74 Å². The van der Waals surface area contributed by atoms with Crippen LogP contribution in [-0.4, -0.2) is 22.7 Å². The quantitative estimate of drug-likeness (QED) is 0.786. The van der Waals surface area contributed by atoms with Crippen molar-refractivity contribution in [3.05, 3.63) is 45.2 Å². The van der Waals surface area contributed by atoms with Gasteiger partial charge in [0.1, 0.15) is 5.75 Å². The maximum atomic E-state index is 12.5. The van der Waals surface area contributed by atoms with E-state index in [1.807, 2.05) is 6.92 Å². The van der Waals surface area contributed by atoms with Gasteiger partial charge in [0.2, 0.25) is 0 Å². The lowest BCUT2D eigenvalue weighted by molar-refractivity contribution is 0.0988. The number of carbonyl (C=O) groups excluding carboxylic acids is 1. The number of benzene rings is 1. The number of carbonyl (C=O) groups is 1. The summed E-state index contributed by atoms with van der Waals surface area (Å²) in [7, 11) is 3.29. The summed E-state index contributed by atoms with van der Waals surface area (Å²) in [5.74, 6) is 0.373. The first kappa shape index (κ1) is 15.9. The predicted molar refractivity (Wildman–Crippen MR) is 83.6 cm³/mol. The smallest absolute Gasteiger partial charge is 0.172 e. The molecule has 0 aliphatic heterocycles. The maximum Gasteiger partial charge on any atom is 0.172 e. The molecule has 0 bridgehead atoms. The molecule has 0 N–H and O–H groups in total. The maximum absolute atomic E-state index is 12.5. The first-order valence-electron chi connectivity index (χ1n) is 6.54. The number of hydrogen-bond donors (Lipinski definition) is 0. The van der Waals surface area contributed by atoms with Crippen LogP contribution in [0.5, 0.6) is 5.75 Å². The van der Waals surface area contributed by atoms with Gasteiger partial charge in [-0.15, -0.1) is 0 Å². The second kappa shape index (κ2) is 6.50. The van der Waals surface area contributed by atoms with Gasteiger partial charge in [0.25, 0.3) is 0 Å². The Morgan fingerprint density at radius 1 is 1.38 bits per heavy atom. The van der Waals surface area contributed by atoms with Crippen LogP contribution in [0.1, 0.15) is 28.7 Å². The van der Waals surface area contributed by atoms with Crippen LogP contribution in [-0.2, 0) is 19.9 Å². The minimum atomic E-state index is -0.0870. The Hall–Kier alpha value is -1.52. The van der Waals surface area contributed by atoms with Gasteiger partial charge in [-0.1, -0.05) is 30.1 Å². The number of methoxy groups -OCH3 is 1. The fourth-order valence-corrected chi connectivity index (χ4v) is 2.68. The number of rotatable bonds is 5. The molecule has 0 atom stereocenters. The van der Waals surface area contributed by atoms with Crippen molar-refractivity contribution in [3.63, 3.8) is 0 Å².